The van der Waals surface area contributed by atoms with E-state index in [1.54, 1.807) is 19.1 Å². The Balaban J connectivity index is 0.00000169. The standard InChI is InChI=1S/C9H12ClFN2.ClH/c1-5-2-3-6(10)8(9(5)11)7(13)4-12;/h2-3,7H,4,12-13H2,1H3;1H/t7-;/m1./s1. The number of nitrogens with two attached hydrogens (primary N) is 2. The summed E-state index contributed by atoms with van der Waals surface area (Å²) in [6.07, 6.45) is 0. The SMILES string of the molecule is Cc1ccc(Cl)c([C@H](N)CN)c1F.Cl. The van der Waals surface area contributed by atoms with Crippen LogP contribution in [-0.4, -0.2) is 6.54 Å². The molecule has 0 aliphatic carbocycles. The highest BCUT2D eigenvalue weighted by Crippen LogP contribution is 2.26. The fourth-order valence-electron chi connectivity index (χ4n) is 1.14. The predicted molar refractivity (Wildman–Crippen MR) is 59.4 cm³/mol. The number of aryl methyl sites for hydroxylation is 1. The quantitative estimate of drug-likeness (QED) is 0.830. The van der Waals surface area contributed by atoms with Crippen molar-refractivity contribution >= 4 is 24.0 Å². The van der Waals surface area contributed by atoms with Crippen molar-refractivity contribution < 1.29 is 4.39 Å². The Kier molecular flexibility index (Phi) is 5.37. The van der Waals surface area contributed by atoms with Gasteiger partial charge in [-0.1, -0.05) is 17.7 Å². The van der Waals surface area contributed by atoms with Gasteiger partial charge in [-0.2, -0.15) is 0 Å². The maximum Gasteiger partial charge on any atom is 0.132 e. The van der Waals surface area contributed by atoms with E-state index < -0.39 is 6.04 Å². The van der Waals surface area contributed by atoms with Crippen molar-refractivity contribution in [2.75, 3.05) is 6.54 Å². The summed E-state index contributed by atoms with van der Waals surface area (Å²) in [5.74, 6) is -0.356. The molecule has 80 valence electrons. The summed E-state index contributed by atoms with van der Waals surface area (Å²) in [4.78, 5) is 0. The second kappa shape index (κ2) is 5.51. The summed E-state index contributed by atoms with van der Waals surface area (Å²) in [6.45, 7) is 1.85. The molecule has 0 saturated heterocycles. The van der Waals surface area contributed by atoms with Gasteiger partial charge in [-0.3, -0.25) is 0 Å². The first-order valence-electron chi connectivity index (χ1n) is 3.98. The van der Waals surface area contributed by atoms with Gasteiger partial charge in [0.05, 0.1) is 0 Å². The van der Waals surface area contributed by atoms with E-state index in [0.717, 1.165) is 0 Å². The summed E-state index contributed by atoms with van der Waals surface area (Å²) >= 11 is 5.80. The van der Waals surface area contributed by atoms with Gasteiger partial charge in [-0.05, 0) is 18.6 Å². The Morgan fingerprint density at radius 1 is 1.50 bits per heavy atom. The van der Waals surface area contributed by atoms with Gasteiger partial charge in [0.1, 0.15) is 5.82 Å². The lowest BCUT2D eigenvalue weighted by molar-refractivity contribution is 0.576. The van der Waals surface area contributed by atoms with E-state index >= 15 is 0 Å². The molecule has 14 heavy (non-hydrogen) atoms. The molecule has 0 heterocycles. The normalized spacial score (nSPS) is 12.1. The van der Waals surface area contributed by atoms with Crippen molar-refractivity contribution in [2.24, 2.45) is 11.5 Å². The maximum atomic E-state index is 13.5. The molecule has 1 atom stereocenters. The van der Waals surface area contributed by atoms with Gasteiger partial charge in [-0.25, -0.2) is 4.39 Å². The van der Waals surface area contributed by atoms with Crippen LogP contribution in [0, 0.1) is 12.7 Å². The van der Waals surface area contributed by atoms with Crippen molar-refractivity contribution in [1.82, 2.24) is 0 Å². The fraction of sp³-hybridized carbons (Fsp3) is 0.333. The Hall–Kier alpha value is -0.350. The van der Waals surface area contributed by atoms with Crippen molar-refractivity contribution in [3.8, 4) is 0 Å². The zero-order valence-corrected chi connectivity index (χ0v) is 9.33. The molecule has 0 bridgehead atoms. The number of halogens is 3. The zero-order valence-electron chi connectivity index (χ0n) is 7.76. The Morgan fingerprint density at radius 2 is 2.07 bits per heavy atom. The highest BCUT2D eigenvalue weighted by Gasteiger charge is 2.15. The predicted octanol–water partition coefficient (Wildman–Crippen LogP) is 2.17. The zero-order chi connectivity index (χ0) is 10.0. The van der Waals surface area contributed by atoms with Crippen LogP contribution in [0.4, 0.5) is 4.39 Å². The first-order valence-corrected chi connectivity index (χ1v) is 4.36. The van der Waals surface area contributed by atoms with E-state index in [2.05, 4.69) is 0 Å². The Bertz CT molecular complexity index is 318. The lowest BCUT2D eigenvalue weighted by atomic mass is 10.0. The van der Waals surface area contributed by atoms with Crippen molar-refractivity contribution in [2.45, 2.75) is 13.0 Å². The average Bonchev–Trinajstić information content (AvgIpc) is 2.12. The highest BCUT2D eigenvalue weighted by molar-refractivity contribution is 6.31. The number of hydrogen-bond acceptors (Lipinski definition) is 2. The van der Waals surface area contributed by atoms with E-state index in [0.29, 0.717) is 16.1 Å². The molecule has 1 rings (SSSR count). The van der Waals surface area contributed by atoms with Gasteiger partial charge in [0, 0.05) is 23.2 Å². The van der Waals surface area contributed by atoms with Gasteiger partial charge in [0.15, 0.2) is 0 Å². The molecule has 4 N–H and O–H groups in total. The molecule has 0 fully saturated rings. The topological polar surface area (TPSA) is 52.0 Å². The van der Waals surface area contributed by atoms with E-state index in [4.69, 9.17) is 23.1 Å². The summed E-state index contributed by atoms with van der Waals surface area (Å²) in [5.41, 5.74) is 11.8. The van der Waals surface area contributed by atoms with Crippen molar-refractivity contribution in [3.05, 3.63) is 34.1 Å². The Morgan fingerprint density at radius 3 is 2.57 bits per heavy atom. The largest absolute Gasteiger partial charge is 0.329 e. The summed E-state index contributed by atoms with van der Waals surface area (Å²) in [5, 5.41) is 0.334. The van der Waals surface area contributed by atoms with Gasteiger partial charge in [-0.15, -0.1) is 12.4 Å². The molecule has 0 aliphatic heterocycles. The summed E-state index contributed by atoms with van der Waals surface area (Å²) in [6, 6.07) is 2.71. The monoisotopic (exact) mass is 238 g/mol. The van der Waals surface area contributed by atoms with E-state index in [1.807, 2.05) is 0 Å². The van der Waals surface area contributed by atoms with Crippen molar-refractivity contribution in [1.29, 1.82) is 0 Å². The molecule has 1 aromatic carbocycles. The first kappa shape index (κ1) is 13.7. The van der Waals surface area contributed by atoms with Crippen LogP contribution in [0.25, 0.3) is 0 Å². The van der Waals surface area contributed by atoms with E-state index in [-0.39, 0.29) is 24.8 Å². The van der Waals surface area contributed by atoms with Crippen molar-refractivity contribution in [3.63, 3.8) is 0 Å². The van der Waals surface area contributed by atoms with Crippen LogP contribution in [0.2, 0.25) is 5.02 Å². The lowest BCUT2D eigenvalue weighted by Gasteiger charge is -2.13. The number of benzene rings is 1. The maximum absolute atomic E-state index is 13.5. The minimum absolute atomic E-state index is 0. The minimum Gasteiger partial charge on any atom is -0.329 e. The van der Waals surface area contributed by atoms with E-state index in [9.17, 15) is 4.39 Å². The van der Waals surface area contributed by atoms with Crippen LogP contribution < -0.4 is 11.5 Å². The number of rotatable bonds is 2. The second-order valence-electron chi connectivity index (χ2n) is 2.93. The molecule has 5 heteroatoms. The molecular formula is C9H13Cl2FN2. The second-order valence-corrected chi connectivity index (χ2v) is 3.34. The molecule has 0 unspecified atom stereocenters. The van der Waals surface area contributed by atoms with Gasteiger partial charge in [0.2, 0.25) is 0 Å². The smallest absolute Gasteiger partial charge is 0.132 e. The van der Waals surface area contributed by atoms with Gasteiger partial charge >= 0.3 is 0 Å². The van der Waals surface area contributed by atoms with Crippen LogP contribution in [0.15, 0.2) is 12.1 Å². The Labute approximate surface area is 93.8 Å². The lowest BCUT2D eigenvalue weighted by Crippen LogP contribution is -2.22. The summed E-state index contributed by atoms with van der Waals surface area (Å²) < 4.78 is 13.5. The molecule has 0 aliphatic rings. The van der Waals surface area contributed by atoms with Crippen LogP contribution in [0.3, 0.4) is 0 Å². The molecule has 0 saturated carbocycles. The minimum atomic E-state index is -0.535. The molecule has 0 amide bonds. The molecule has 0 radical (unpaired) electrons. The van der Waals surface area contributed by atoms with Crippen LogP contribution >= 0.6 is 24.0 Å². The summed E-state index contributed by atoms with van der Waals surface area (Å²) in [7, 11) is 0. The van der Waals surface area contributed by atoms with Gasteiger partial charge < -0.3 is 11.5 Å². The third-order valence-corrected chi connectivity index (χ3v) is 2.27. The number of hydrogen-bond donors (Lipinski definition) is 2. The van der Waals surface area contributed by atoms with Crippen LogP contribution in [-0.2, 0) is 0 Å². The molecule has 0 spiro atoms. The molecule has 0 aromatic heterocycles. The molecule has 1 aromatic rings. The first-order chi connectivity index (χ1) is 6.07. The fourth-order valence-corrected chi connectivity index (χ4v) is 1.42. The van der Waals surface area contributed by atoms with Crippen LogP contribution in [0.1, 0.15) is 17.2 Å². The molecular weight excluding hydrogens is 226 g/mol. The molecule has 2 nitrogen and oxygen atoms in total. The third-order valence-electron chi connectivity index (χ3n) is 1.94. The highest BCUT2D eigenvalue weighted by atomic mass is 35.5. The average molecular weight is 239 g/mol. The van der Waals surface area contributed by atoms with E-state index in [1.165, 1.54) is 0 Å². The van der Waals surface area contributed by atoms with Gasteiger partial charge in [0.25, 0.3) is 0 Å². The van der Waals surface area contributed by atoms with Crippen LogP contribution in [0.5, 0.6) is 0 Å². The third kappa shape index (κ3) is 2.58.